The number of nitrogens with zero attached hydrogens (tertiary/aromatic N) is 3. The number of anilines is 3. The zero-order valence-electron chi connectivity index (χ0n) is 19.4. The topological polar surface area (TPSA) is 131 Å². The zero-order chi connectivity index (χ0) is 24.5. The summed E-state index contributed by atoms with van der Waals surface area (Å²) in [6.45, 7) is 12.4. The number of aromatic nitrogens is 2. The summed E-state index contributed by atoms with van der Waals surface area (Å²) in [6, 6.07) is 2.04. The van der Waals surface area contributed by atoms with Gasteiger partial charge in [0.2, 0.25) is 11.6 Å². The zero-order valence-corrected chi connectivity index (χ0v) is 22.6. The van der Waals surface area contributed by atoms with Crippen LogP contribution in [0.2, 0.25) is 0 Å². The fourth-order valence-corrected chi connectivity index (χ4v) is 8.05. The third-order valence-electron chi connectivity index (χ3n) is 5.28. The third-order valence-corrected chi connectivity index (χ3v) is 10.7. The quantitative estimate of drug-likeness (QED) is 0.303. The van der Waals surface area contributed by atoms with Gasteiger partial charge in [0.15, 0.2) is 21.1 Å². The molecule has 0 saturated carbocycles. The van der Waals surface area contributed by atoms with Crippen molar-refractivity contribution in [3.05, 3.63) is 26.8 Å². The second-order valence-corrected chi connectivity index (χ2v) is 13.0. The van der Waals surface area contributed by atoms with Gasteiger partial charge in [0.05, 0.1) is 11.7 Å². The second-order valence-electron chi connectivity index (χ2n) is 7.86. The molecule has 182 valence electrons. The van der Waals surface area contributed by atoms with Crippen LogP contribution in [-0.4, -0.2) is 44.2 Å². The van der Waals surface area contributed by atoms with E-state index in [0.29, 0.717) is 18.9 Å². The number of aromatic hydroxyl groups is 1. The molecule has 3 heterocycles. The number of nitrogens with one attached hydrogen (secondary N) is 2. The fraction of sp³-hybridized carbons (Fsp3) is 0.500. The Morgan fingerprint density at radius 3 is 2.39 bits per heavy atom. The van der Waals surface area contributed by atoms with Crippen molar-refractivity contribution in [2.75, 3.05) is 23.7 Å². The predicted octanol–water partition coefficient (Wildman–Crippen LogP) is 5.23. The molecular formula is C20H29N5O4S4. The lowest BCUT2D eigenvalue weighted by Gasteiger charge is -2.21. The summed E-state index contributed by atoms with van der Waals surface area (Å²) in [5.41, 5.74) is 1.37. The van der Waals surface area contributed by atoms with Gasteiger partial charge in [0, 0.05) is 37.0 Å². The highest BCUT2D eigenvalue weighted by Gasteiger charge is 2.30. The van der Waals surface area contributed by atoms with Gasteiger partial charge in [-0.1, -0.05) is 27.7 Å². The van der Waals surface area contributed by atoms with E-state index < -0.39 is 26.9 Å². The molecule has 33 heavy (non-hydrogen) atoms. The van der Waals surface area contributed by atoms with Crippen molar-refractivity contribution >= 4 is 61.2 Å². The average molecular weight is 532 g/mol. The summed E-state index contributed by atoms with van der Waals surface area (Å²) < 4.78 is 47.0. The highest BCUT2D eigenvalue weighted by atomic mass is 32.2. The first-order chi connectivity index (χ1) is 15.5. The number of hydrogen-bond donors (Lipinski definition) is 3. The summed E-state index contributed by atoms with van der Waals surface area (Å²) in [4.78, 5) is 2.36. The molecule has 0 radical (unpaired) electrons. The Morgan fingerprint density at radius 1 is 1.21 bits per heavy atom. The maximum absolute atomic E-state index is 12.8. The Labute approximate surface area is 205 Å². The third kappa shape index (κ3) is 5.33. The molecule has 0 aromatic carbocycles. The number of thiophene rings is 2. The Bertz CT molecular complexity index is 1190. The van der Waals surface area contributed by atoms with Crippen LogP contribution in [0.1, 0.15) is 49.1 Å². The van der Waals surface area contributed by atoms with Crippen LogP contribution in [0.25, 0.3) is 0 Å². The lowest BCUT2D eigenvalue weighted by molar-refractivity contribution is 0.434. The highest BCUT2D eigenvalue weighted by molar-refractivity contribution is 7.91. The summed E-state index contributed by atoms with van der Waals surface area (Å²) in [6.07, 6.45) is 0. The predicted molar refractivity (Wildman–Crippen MR) is 135 cm³/mol. The Balaban J connectivity index is 1.91. The van der Waals surface area contributed by atoms with Crippen LogP contribution in [0.5, 0.6) is 5.75 Å². The smallest absolute Gasteiger partial charge is 0.256 e. The van der Waals surface area contributed by atoms with Crippen molar-refractivity contribution in [1.82, 2.24) is 13.1 Å². The molecule has 1 unspecified atom stereocenters. The number of hydrogen-bond acceptors (Lipinski definition) is 10. The molecule has 9 nitrogen and oxygen atoms in total. The van der Waals surface area contributed by atoms with Gasteiger partial charge in [-0.2, -0.15) is 4.31 Å². The molecule has 0 bridgehead atoms. The van der Waals surface area contributed by atoms with Gasteiger partial charge in [0.25, 0.3) is 10.0 Å². The van der Waals surface area contributed by atoms with E-state index in [1.54, 1.807) is 25.2 Å². The lowest BCUT2D eigenvalue weighted by Crippen LogP contribution is -2.30. The van der Waals surface area contributed by atoms with Crippen LogP contribution >= 0.6 is 33.8 Å². The molecule has 3 aromatic rings. The maximum Gasteiger partial charge on any atom is 0.256 e. The fourth-order valence-electron chi connectivity index (χ4n) is 3.32. The van der Waals surface area contributed by atoms with E-state index >= 15 is 0 Å². The Kier molecular flexibility index (Phi) is 8.02. The molecule has 0 aliphatic heterocycles. The van der Waals surface area contributed by atoms with Crippen LogP contribution in [0.3, 0.4) is 0 Å². The summed E-state index contributed by atoms with van der Waals surface area (Å²) in [5, 5.41) is 18.4. The van der Waals surface area contributed by atoms with Crippen molar-refractivity contribution in [2.24, 2.45) is 5.92 Å². The first-order valence-electron chi connectivity index (χ1n) is 10.5. The minimum Gasteiger partial charge on any atom is -0.546 e. The van der Waals surface area contributed by atoms with Crippen LogP contribution in [-0.2, 0) is 10.0 Å². The molecule has 0 saturated heterocycles. The lowest BCUT2D eigenvalue weighted by atomic mass is 10.0. The maximum atomic E-state index is 12.8. The van der Waals surface area contributed by atoms with Crippen LogP contribution in [0.4, 0.5) is 17.3 Å². The van der Waals surface area contributed by atoms with Gasteiger partial charge < -0.3 is 20.3 Å². The normalized spacial score (nSPS) is 13.7. The van der Waals surface area contributed by atoms with Gasteiger partial charge in [-0.25, -0.2) is 8.42 Å². The van der Waals surface area contributed by atoms with Gasteiger partial charge in [-0.05, 0) is 31.4 Å². The SMILES string of the molecule is CCN(CC)S(=O)(=O)c1scc(Nc2n[s+]([O-])nc2N[C@@H](c2cc(C)c(C)s2)C(C)C)c1O. The minimum absolute atomic E-state index is 0.0853. The van der Waals surface area contributed by atoms with E-state index in [4.69, 9.17) is 0 Å². The van der Waals surface area contributed by atoms with Gasteiger partial charge in [0.1, 0.15) is 0 Å². The monoisotopic (exact) mass is 531 g/mol. The standard InChI is InChI=1S/C20H29N5O4S4/c1-7-25(8-2)33(28,29)20-17(26)14(10-30-20)21-18-19(24-32(27)23-18)22-16(11(3)4)15-9-12(5)13(6)31-15/h9-11,16,26H,7-8H2,1-6H3,(H,21,23)(H,22,24)/t16-,32?/m1/s1. The van der Waals surface area contributed by atoms with E-state index in [0.717, 1.165) is 16.2 Å². The number of aryl methyl sites for hydroxylation is 2. The summed E-state index contributed by atoms with van der Waals surface area (Å²) in [7, 11) is -3.82. The van der Waals surface area contributed by atoms with Crippen molar-refractivity contribution < 1.29 is 18.1 Å². The van der Waals surface area contributed by atoms with Gasteiger partial charge in [-0.3, -0.25) is 0 Å². The van der Waals surface area contributed by atoms with Gasteiger partial charge >= 0.3 is 0 Å². The van der Waals surface area contributed by atoms with Crippen molar-refractivity contribution in [3.8, 4) is 5.75 Å². The average Bonchev–Trinajstić information content (AvgIpc) is 3.38. The van der Waals surface area contributed by atoms with E-state index in [2.05, 4.69) is 53.1 Å². The molecule has 13 heteroatoms. The molecule has 0 aliphatic rings. The molecule has 3 aromatic heterocycles. The molecule has 3 rings (SSSR count). The van der Waals surface area contributed by atoms with Gasteiger partial charge in [-0.15, -0.1) is 22.7 Å². The Hall–Kier alpha value is -1.77. The first-order valence-corrected chi connectivity index (χ1v) is 14.7. The second kappa shape index (κ2) is 10.2. The van der Waals surface area contributed by atoms with Crippen molar-refractivity contribution in [1.29, 1.82) is 0 Å². The molecule has 0 fully saturated rings. The van der Waals surface area contributed by atoms with E-state index in [1.807, 2.05) is 0 Å². The molecular weight excluding hydrogens is 503 g/mol. The van der Waals surface area contributed by atoms with Crippen LogP contribution in [0.15, 0.2) is 15.7 Å². The minimum atomic E-state index is -3.82. The van der Waals surface area contributed by atoms with Crippen molar-refractivity contribution in [3.63, 3.8) is 0 Å². The van der Waals surface area contributed by atoms with E-state index in [1.165, 1.54) is 20.1 Å². The summed E-state index contributed by atoms with van der Waals surface area (Å²) in [5.74, 6) is 0.302. The van der Waals surface area contributed by atoms with E-state index in [9.17, 15) is 18.1 Å². The van der Waals surface area contributed by atoms with Crippen LogP contribution < -0.4 is 10.6 Å². The first kappa shape index (κ1) is 25.8. The summed E-state index contributed by atoms with van der Waals surface area (Å²) >= 11 is 0.789. The van der Waals surface area contributed by atoms with Crippen molar-refractivity contribution in [2.45, 2.75) is 51.8 Å². The van der Waals surface area contributed by atoms with E-state index in [-0.39, 0.29) is 27.7 Å². The Morgan fingerprint density at radius 2 is 1.85 bits per heavy atom. The largest absolute Gasteiger partial charge is 0.546 e. The molecule has 0 spiro atoms. The molecule has 3 N–H and O–H groups in total. The molecule has 0 amide bonds. The molecule has 0 aliphatic carbocycles. The number of rotatable bonds is 10. The molecule has 2 atom stereocenters. The number of sulfonamides is 1. The highest BCUT2D eigenvalue weighted by Crippen LogP contribution is 2.42. The van der Waals surface area contributed by atoms with Crippen LogP contribution in [0, 0.1) is 19.8 Å².